The molecule has 2 aromatic rings. The molecule has 0 fully saturated rings. The van der Waals surface area contributed by atoms with Crippen molar-refractivity contribution in [2.45, 2.75) is 17.2 Å². The van der Waals surface area contributed by atoms with Crippen molar-refractivity contribution < 1.29 is 14.3 Å². The second kappa shape index (κ2) is 6.77. The minimum Gasteiger partial charge on any atom is -0.331 e. The van der Waals surface area contributed by atoms with Crippen molar-refractivity contribution in [2.24, 2.45) is 0 Å². The number of nitrogens with zero attached hydrogens (tertiary/aromatic N) is 1. The fourth-order valence-electron chi connectivity index (χ4n) is 2.05. The van der Waals surface area contributed by atoms with E-state index in [1.165, 1.54) is 9.04 Å². The second-order valence-electron chi connectivity index (χ2n) is 6.10. The number of hydrogen-bond donors (Lipinski definition) is 1. The quantitative estimate of drug-likeness (QED) is 0.655. The van der Waals surface area contributed by atoms with E-state index in [1.807, 2.05) is 18.2 Å². The molecule has 2 N–H and O–H groups in total. The molecule has 0 aliphatic carbocycles. The van der Waals surface area contributed by atoms with Crippen LogP contribution in [0.5, 0.6) is 0 Å². The molecule has 2 rings (SSSR count). The van der Waals surface area contributed by atoms with Gasteiger partial charge in [-0.3, -0.25) is 4.79 Å². The van der Waals surface area contributed by atoms with E-state index in [2.05, 4.69) is 37.7 Å². The minimum atomic E-state index is 0.0911. The van der Waals surface area contributed by atoms with Crippen molar-refractivity contribution in [2.75, 3.05) is 39.3 Å². The smallest absolute Gasteiger partial charge is 0.296 e. The van der Waals surface area contributed by atoms with Crippen LogP contribution in [0.1, 0.15) is 12.8 Å². The van der Waals surface area contributed by atoms with Crippen molar-refractivity contribution in [3.05, 3.63) is 18.2 Å². The van der Waals surface area contributed by atoms with E-state index in [0.29, 0.717) is 6.42 Å². The average molecular weight is 326 g/mol. The first-order chi connectivity index (χ1) is 9.87. The summed E-state index contributed by atoms with van der Waals surface area (Å²) in [4.78, 5) is 15.3. The molecule has 0 atom stereocenters. The van der Waals surface area contributed by atoms with E-state index in [1.54, 1.807) is 23.1 Å². The number of carbonyl (C=O) groups excluding carboxylic acids is 1. The summed E-state index contributed by atoms with van der Waals surface area (Å²) in [5.74, 6) is 0.0911. The molecule has 1 aromatic carbocycles. The van der Waals surface area contributed by atoms with Crippen LogP contribution in [0, 0.1) is 0 Å². The number of nitrogens with one attached hydrogen (secondary N) is 2. The zero-order valence-corrected chi connectivity index (χ0v) is 14.7. The Labute approximate surface area is 134 Å². The lowest BCUT2D eigenvalue weighted by Crippen LogP contribution is -2.35. The number of aromatic amines is 1. The van der Waals surface area contributed by atoms with Crippen LogP contribution in [0.4, 0.5) is 5.69 Å². The molecular weight excluding hydrogens is 302 g/mol. The van der Waals surface area contributed by atoms with Crippen molar-refractivity contribution in [1.82, 2.24) is 0 Å². The molecule has 4 nitrogen and oxygen atoms in total. The first-order valence-electron chi connectivity index (χ1n) is 6.97. The van der Waals surface area contributed by atoms with Gasteiger partial charge < -0.3 is 9.80 Å². The molecule has 1 aromatic heterocycles. The molecule has 0 aliphatic heterocycles. The van der Waals surface area contributed by atoms with E-state index < -0.39 is 0 Å². The van der Waals surface area contributed by atoms with E-state index in [4.69, 9.17) is 0 Å². The molecule has 21 heavy (non-hydrogen) atoms. The molecule has 1 heterocycles. The minimum absolute atomic E-state index is 0.0911. The lowest BCUT2D eigenvalue weighted by atomic mass is 10.2. The van der Waals surface area contributed by atoms with Gasteiger partial charge in [0.05, 0.1) is 27.7 Å². The van der Waals surface area contributed by atoms with Crippen molar-refractivity contribution in [3.8, 4) is 0 Å². The number of thioether (sulfide) groups is 1. The highest BCUT2D eigenvalue weighted by Gasteiger charge is 2.12. The number of hydrogen-bond acceptors (Lipinski definition) is 3. The monoisotopic (exact) mass is 325 g/mol. The Kier molecular flexibility index (Phi) is 5.24. The molecule has 0 saturated carbocycles. The molecule has 0 aliphatic rings. The maximum absolute atomic E-state index is 12.0. The van der Waals surface area contributed by atoms with Crippen LogP contribution in [-0.4, -0.2) is 44.3 Å². The standard InChI is InChI=1S/C15H21N3OS2/c1-18(2,3)9-5-6-14(19)16-11-7-8-12-13(10-11)21-15(17-12)20-4/h7-8,10H,5-6,9H2,1-4H3/p+2. The fourth-order valence-corrected chi connectivity index (χ4v) is 3.64. The Hall–Kier alpha value is -1.11. The largest absolute Gasteiger partial charge is 0.331 e. The molecule has 0 unspecified atom stereocenters. The average Bonchev–Trinajstić information content (AvgIpc) is 2.79. The Morgan fingerprint density at radius 1 is 1.38 bits per heavy atom. The van der Waals surface area contributed by atoms with Gasteiger partial charge in [0, 0.05) is 24.6 Å². The van der Waals surface area contributed by atoms with Gasteiger partial charge in [-0.15, -0.1) is 0 Å². The number of rotatable bonds is 6. The summed E-state index contributed by atoms with van der Waals surface area (Å²) in [7, 11) is 6.42. The zero-order valence-electron chi connectivity index (χ0n) is 13.0. The van der Waals surface area contributed by atoms with Gasteiger partial charge >= 0.3 is 0 Å². The van der Waals surface area contributed by atoms with E-state index in [0.717, 1.165) is 28.7 Å². The van der Waals surface area contributed by atoms with Gasteiger partial charge in [-0.05, 0) is 30.2 Å². The number of anilines is 1. The SMILES string of the molecule is CSc1[nH+]c2ccc(NC(=O)CCC[N+](C)(C)C)cc2s1. The highest BCUT2D eigenvalue weighted by Crippen LogP contribution is 2.26. The molecule has 1 amide bonds. The number of quaternary nitrogens is 1. The highest BCUT2D eigenvalue weighted by molar-refractivity contribution is 8.00. The third-order valence-corrected chi connectivity index (χ3v) is 5.19. The highest BCUT2D eigenvalue weighted by atomic mass is 32.2. The van der Waals surface area contributed by atoms with Crippen LogP contribution in [-0.2, 0) is 4.79 Å². The first-order valence-corrected chi connectivity index (χ1v) is 9.02. The first kappa shape index (κ1) is 16.3. The van der Waals surface area contributed by atoms with E-state index >= 15 is 0 Å². The van der Waals surface area contributed by atoms with Crippen LogP contribution < -0.4 is 10.3 Å². The summed E-state index contributed by atoms with van der Waals surface area (Å²) in [5.41, 5.74) is 1.99. The topological polar surface area (TPSA) is 43.2 Å². The second-order valence-corrected chi connectivity index (χ2v) is 8.22. The predicted molar refractivity (Wildman–Crippen MR) is 90.9 cm³/mol. The number of aromatic nitrogens is 1. The normalized spacial score (nSPS) is 11.8. The molecule has 0 saturated heterocycles. The van der Waals surface area contributed by atoms with E-state index in [9.17, 15) is 4.79 Å². The Morgan fingerprint density at radius 3 is 2.81 bits per heavy atom. The third kappa shape index (κ3) is 4.98. The predicted octanol–water partition coefficient (Wildman–Crippen LogP) is 2.86. The van der Waals surface area contributed by atoms with Crippen molar-refractivity contribution in [3.63, 3.8) is 0 Å². The van der Waals surface area contributed by atoms with Gasteiger partial charge in [0.1, 0.15) is 4.70 Å². The summed E-state index contributed by atoms with van der Waals surface area (Å²) in [6, 6.07) is 6.01. The summed E-state index contributed by atoms with van der Waals surface area (Å²) >= 11 is 3.41. The van der Waals surface area contributed by atoms with Gasteiger partial charge in [0.15, 0.2) is 0 Å². The summed E-state index contributed by atoms with van der Waals surface area (Å²) < 4.78 is 3.24. The Balaban J connectivity index is 1.94. The lowest BCUT2D eigenvalue weighted by Gasteiger charge is -2.23. The number of fused-ring (bicyclic) bond motifs is 1. The van der Waals surface area contributed by atoms with Crippen LogP contribution in [0.25, 0.3) is 10.2 Å². The number of carbonyl (C=O) groups is 1. The number of benzene rings is 1. The molecule has 6 heteroatoms. The fraction of sp³-hybridized carbons (Fsp3) is 0.467. The number of thiazole rings is 1. The maximum Gasteiger partial charge on any atom is 0.296 e. The van der Waals surface area contributed by atoms with Crippen LogP contribution in [0.3, 0.4) is 0 Å². The van der Waals surface area contributed by atoms with E-state index in [-0.39, 0.29) is 5.91 Å². The Morgan fingerprint density at radius 2 is 2.14 bits per heavy atom. The zero-order chi connectivity index (χ0) is 15.5. The summed E-state index contributed by atoms with van der Waals surface area (Å²) in [6.45, 7) is 1.00. The maximum atomic E-state index is 12.0. The molecular formula is C15H23N3OS2+2. The lowest BCUT2D eigenvalue weighted by molar-refractivity contribution is -0.870. The van der Waals surface area contributed by atoms with Gasteiger partial charge in [-0.25, -0.2) is 0 Å². The molecule has 0 spiro atoms. The molecule has 114 valence electrons. The van der Waals surface area contributed by atoms with Gasteiger partial charge in [0.25, 0.3) is 4.34 Å². The number of amides is 1. The van der Waals surface area contributed by atoms with Gasteiger partial charge in [-0.1, -0.05) is 11.3 Å². The molecule has 0 bridgehead atoms. The van der Waals surface area contributed by atoms with Crippen LogP contribution in [0.2, 0.25) is 0 Å². The van der Waals surface area contributed by atoms with Crippen LogP contribution in [0.15, 0.2) is 22.5 Å². The number of H-pyrrole nitrogens is 1. The van der Waals surface area contributed by atoms with Crippen molar-refractivity contribution >= 4 is 44.9 Å². The van der Waals surface area contributed by atoms with Gasteiger partial charge in [-0.2, -0.15) is 4.98 Å². The summed E-state index contributed by atoms with van der Waals surface area (Å²) in [5, 5.41) is 2.99. The Bertz CT molecular complexity index is 631. The van der Waals surface area contributed by atoms with Gasteiger partial charge in [0.2, 0.25) is 11.4 Å². The summed E-state index contributed by atoms with van der Waals surface area (Å²) in [6.07, 6.45) is 3.53. The van der Waals surface area contributed by atoms with Crippen molar-refractivity contribution in [1.29, 1.82) is 0 Å². The third-order valence-electron chi connectivity index (χ3n) is 3.12. The molecule has 0 radical (unpaired) electrons. The van der Waals surface area contributed by atoms with Crippen LogP contribution >= 0.6 is 23.1 Å².